The van der Waals surface area contributed by atoms with E-state index < -0.39 is 0 Å². The maximum Gasteiger partial charge on any atom is 0.139 e. The van der Waals surface area contributed by atoms with Crippen LogP contribution in [0.4, 0.5) is 0 Å². The maximum absolute atomic E-state index is 5.34. The molecule has 0 N–H and O–H groups in total. The van der Waals surface area contributed by atoms with Crippen molar-refractivity contribution in [1.82, 2.24) is 0 Å². The molecule has 0 amide bonds. The highest BCUT2D eigenvalue weighted by Crippen LogP contribution is 2.57. The first-order chi connectivity index (χ1) is 4.95. The van der Waals surface area contributed by atoms with E-state index in [9.17, 15) is 0 Å². The van der Waals surface area contributed by atoms with E-state index in [2.05, 4.69) is 24.3 Å². The van der Waals surface area contributed by atoms with Crippen LogP contribution < -0.4 is 0 Å². The van der Waals surface area contributed by atoms with Crippen LogP contribution in [0.1, 0.15) is 11.7 Å². The Labute approximate surface area is 63.4 Å². The Kier molecular flexibility index (Phi) is 0.821. The molecule has 10 heavy (non-hydrogen) atoms. The molecule has 2 aliphatic rings. The fourth-order valence-corrected chi connectivity index (χ4v) is 2.53. The maximum atomic E-state index is 5.34. The zero-order chi connectivity index (χ0) is 6.55. The van der Waals surface area contributed by atoms with Crippen molar-refractivity contribution in [3.63, 3.8) is 0 Å². The molecule has 0 aromatic heterocycles. The van der Waals surface area contributed by atoms with Crippen molar-refractivity contribution >= 4 is 11.8 Å². The first kappa shape index (κ1) is 5.22. The second-order valence-corrected chi connectivity index (χ2v) is 3.72. The average molecular weight is 150 g/mol. The molecule has 1 aromatic rings. The number of thioether (sulfide) groups is 1. The summed E-state index contributed by atoms with van der Waals surface area (Å²) in [6.45, 7) is 0. The Morgan fingerprint density at radius 1 is 1.30 bits per heavy atom. The number of epoxide rings is 1. The molecule has 2 aliphatic heterocycles. The van der Waals surface area contributed by atoms with E-state index in [1.807, 2.05) is 11.8 Å². The third kappa shape index (κ3) is 0.534. The van der Waals surface area contributed by atoms with Crippen LogP contribution in [0.2, 0.25) is 0 Å². The van der Waals surface area contributed by atoms with Gasteiger partial charge in [-0.2, -0.15) is 0 Å². The highest BCUT2D eigenvalue weighted by atomic mass is 32.2. The van der Waals surface area contributed by atoms with Gasteiger partial charge in [-0.25, -0.2) is 0 Å². The summed E-state index contributed by atoms with van der Waals surface area (Å²) in [5, 5.41) is 0. The Balaban J connectivity index is 2.22. The van der Waals surface area contributed by atoms with Gasteiger partial charge in [0.15, 0.2) is 0 Å². The van der Waals surface area contributed by atoms with Gasteiger partial charge in [0.05, 0.1) is 0 Å². The molecule has 1 aromatic carbocycles. The number of hydrogen-bond acceptors (Lipinski definition) is 2. The fraction of sp³-hybridized carbons (Fsp3) is 0.250. The van der Waals surface area contributed by atoms with Gasteiger partial charge in [0.1, 0.15) is 11.5 Å². The molecule has 2 unspecified atom stereocenters. The molecular formula is C8H6OS. The molecule has 0 saturated carbocycles. The Morgan fingerprint density at radius 3 is 3.10 bits per heavy atom. The van der Waals surface area contributed by atoms with E-state index in [4.69, 9.17) is 4.74 Å². The van der Waals surface area contributed by atoms with E-state index in [0.717, 1.165) is 0 Å². The molecule has 3 rings (SSSR count). The predicted octanol–water partition coefficient (Wildman–Crippen LogP) is 2.19. The zero-order valence-corrected chi connectivity index (χ0v) is 6.10. The Bertz CT molecular complexity index is 284. The minimum absolute atomic E-state index is 0.432. The molecule has 0 bridgehead atoms. The van der Waals surface area contributed by atoms with Gasteiger partial charge in [-0.3, -0.25) is 0 Å². The van der Waals surface area contributed by atoms with Gasteiger partial charge in [-0.05, 0) is 11.6 Å². The Hall–Kier alpha value is -0.470. The number of rotatable bonds is 0. The molecule has 0 radical (unpaired) electrons. The van der Waals surface area contributed by atoms with Gasteiger partial charge in [0, 0.05) is 4.90 Å². The molecule has 0 aliphatic carbocycles. The smallest absolute Gasteiger partial charge is 0.139 e. The molecule has 1 fully saturated rings. The quantitative estimate of drug-likeness (QED) is 0.526. The third-order valence-electron chi connectivity index (χ3n) is 1.92. The van der Waals surface area contributed by atoms with Crippen LogP contribution in [0, 0.1) is 0 Å². The molecule has 1 saturated heterocycles. The van der Waals surface area contributed by atoms with Gasteiger partial charge in [-0.15, -0.1) is 0 Å². The van der Waals surface area contributed by atoms with Crippen LogP contribution in [-0.2, 0) is 4.74 Å². The third-order valence-corrected chi connectivity index (χ3v) is 3.14. The lowest BCUT2D eigenvalue weighted by molar-refractivity contribution is 0.400. The summed E-state index contributed by atoms with van der Waals surface area (Å²) in [7, 11) is 0. The second-order valence-electron chi connectivity index (χ2n) is 2.58. The Morgan fingerprint density at radius 2 is 2.20 bits per heavy atom. The lowest BCUT2D eigenvalue weighted by Gasteiger charge is -1.97. The van der Waals surface area contributed by atoms with E-state index in [-0.39, 0.29) is 0 Å². The van der Waals surface area contributed by atoms with Crippen LogP contribution in [0.3, 0.4) is 0 Å². The van der Waals surface area contributed by atoms with Gasteiger partial charge < -0.3 is 4.74 Å². The zero-order valence-electron chi connectivity index (χ0n) is 5.28. The first-order valence-corrected chi connectivity index (χ1v) is 4.24. The van der Waals surface area contributed by atoms with Gasteiger partial charge in [-0.1, -0.05) is 30.0 Å². The molecule has 2 heterocycles. The lowest BCUT2D eigenvalue weighted by atomic mass is 10.2. The van der Waals surface area contributed by atoms with Crippen molar-refractivity contribution in [2.24, 2.45) is 0 Å². The predicted molar refractivity (Wildman–Crippen MR) is 39.9 cm³/mol. The van der Waals surface area contributed by atoms with Crippen molar-refractivity contribution in [2.75, 3.05) is 0 Å². The fourth-order valence-electron chi connectivity index (χ4n) is 1.36. The van der Waals surface area contributed by atoms with Crippen molar-refractivity contribution < 1.29 is 4.74 Å². The molecule has 2 atom stereocenters. The van der Waals surface area contributed by atoms with Crippen LogP contribution in [0.5, 0.6) is 0 Å². The van der Waals surface area contributed by atoms with Crippen molar-refractivity contribution in [3.8, 4) is 0 Å². The summed E-state index contributed by atoms with van der Waals surface area (Å²) < 4.78 is 5.34. The molecule has 1 nitrogen and oxygen atoms in total. The summed E-state index contributed by atoms with van der Waals surface area (Å²) in [5.74, 6) is 0. The van der Waals surface area contributed by atoms with Crippen molar-refractivity contribution in [3.05, 3.63) is 29.8 Å². The van der Waals surface area contributed by atoms with Crippen molar-refractivity contribution in [1.29, 1.82) is 0 Å². The SMILES string of the molecule is c1ccc2c(c1)SC1OC21. The number of ether oxygens (including phenoxy) is 1. The lowest BCUT2D eigenvalue weighted by Crippen LogP contribution is -1.77. The summed E-state index contributed by atoms with van der Waals surface area (Å²) >= 11 is 1.84. The van der Waals surface area contributed by atoms with Gasteiger partial charge in [0.2, 0.25) is 0 Å². The summed E-state index contributed by atoms with van der Waals surface area (Å²) in [6, 6.07) is 8.47. The van der Waals surface area contributed by atoms with Crippen LogP contribution in [0.25, 0.3) is 0 Å². The van der Waals surface area contributed by atoms with E-state index >= 15 is 0 Å². The van der Waals surface area contributed by atoms with Gasteiger partial charge >= 0.3 is 0 Å². The molecule has 50 valence electrons. The minimum atomic E-state index is 0.432. The van der Waals surface area contributed by atoms with Crippen LogP contribution >= 0.6 is 11.8 Å². The van der Waals surface area contributed by atoms with E-state index in [1.54, 1.807) is 0 Å². The topological polar surface area (TPSA) is 12.5 Å². The first-order valence-electron chi connectivity index (χ1n) is 3.36. The normalized spacial score (nSPS) is 33.2. The van der Waals surface area contributed by atoms with E-state index in [0.29, 0.717) is 11.5 Å². The second kappa shape index (κ2) is 1.57. The summed E-state index contributed by atoms with van der Waals surface area (Å²) in [5.41, 5.74) is 1.84. The number of benzene rings is 1. The largest absolute Gasteiger partial charge is 0.352 e. The number of fused-ring (bicyclic) bond motifs is 3. The van der Waals surface area contributed by atoms with Crippen molar-refractivity contribution in [2.45, 2.75) is 16.4 Å². The van der Waals surface area contributed by atoms with Crippen LogP contribution in [-0.4, -0.2) is 5.44 Å². The van der Waals surface area contributed by atoms with E-state index in [1.165, 1.54) is 10.5 Å². The molecule has 0 spiro atoms. The highest BCUT2D eigenvalue weighted by molar-refractivity contribution is 8.00. The van der Waals surface area contributed by atoms with Crippen LogP contribution in [0.15, 0.2) is 29.2 Å². The summed E-state index contributed by atoms with van der Waals surface area (Å²) in [4.78, 5) is 1.41. The highest BCUT2D eigenvalue weighted by Gasteiger charge is 2.47. The minimum Gasteiger partial charge on any atom is -0.352 e. The molecular weight excluding hydrogens is 144 g/mol. The average Bonchev–Trinajstić information content (AvgIpc) is 2.64. The monoisotopic (exact) mass is 150 g/mol. The summed E-state index contributed by atoms with van der Waals surface area (Å²) in [6.07, 6.45) is 0.432. The van der Waals surface area contributed by atoms with Gasteiger partial charge in [0.25, 0.3) is 0 Å². The standard InChI is InChI=1S/C8H6OS/c1-2-4-6-5(3-1)7-8(9-7)10-6/h1-4,7-8H. The molecule has 2 heteroatoms. The number of hydrogen-bond donors (Lipinski definition) is 0.